The SMILES string of the molecule is C=Cc1c(C2=C\CCC\C(N)=C(C(=C)OCC)/C(C(=O)OC)=N\2)ccc(Cl)c1OC. The highest BCUT2D eigenvalue weighted by Gasteiger charge is 2.26. The van der Waals surface area contributed by atoms with Crippen LogP contribution in [0.2, 0.25) is 5.02 Å². The molecule has 7 heteroatoms. The number of ether oxygens (including phenoxy) is 3. The summed E-state index contributed by atoms with van der Waals surface area (Å²) in [5, 5.41) is 0.451. The Morgan fingerprint density at radius 3 is 2.70 bits per heavy atom. The van der Waals surface area contributed by atoms with Gasteiger partial charge in [0.1, 0.15) is 11.5 Å². The Labute approximate surface area is 182 Å². The van der Waals surface area contributed by atoms with Gasteiger partial charge < -0.3 is 19.9 Å². The second-order valence-electron chi connectivity index (χ2n) is 6.44. The number of nitrogens with two attached hydrogens (primary N) is 1. The molecule has 0 bridgehead atoms. The van der Waals surface area contributed by atoms with E-state index in [0.29, 0.717) is 52.8 Å². The van der Waals surface area contributed by atoms with E-state index in [1.165, 1.54) is 14.2 Å². The quantitative estimate of drug-likeness (QED) is 0.491. The lowest BCUT2D eigenvalue weighted by Crippen LogP contribution is -2.23. The lowest BCUT2D eigenvalue weighted by Gasteiger charge is -2.17. The number of hydrogen-bond donors (Lipinski definition) is 1. The van der Waals surface area contributed by atoms with E-state index in [9.17, 15) is 4.79 Å². The molecule has 0 unspecified atom stereocenters. The highest BCUT2D eigenvalue weighted by Crippen LogP contribution is 2.36. The number of rotatable bonds is 7. The van der Waals surface area contributed by atoms with Crippen LogP contribution >= 0.6 is 11.6 Å². The minimum Gasteiger partial charge on any atom is -0.495 e. The minimum atomic E-state index is -0.636. The molecule has 0 aromatic heterocycles. The molecule has 2 N–H and O–H groups in total. The smallest absolute Gasteiger partial charge is 0.357 e. The average molecular weight is 431 g/mol. The molecule has 0 saturated heterocycles. The molecule has 1 aromatic carbocycles. The van der Waals surface area contributed by atoms with Gasteiger partial charge in [-0.1, -0.05) is 43.0 Å². The zero-order valence-corrected chi connectivity index (χ0v) is 18.3. The van der Waals surface area contributed by atoms with Gasteiger partial charge in [0.05, 0.1) is 37.1 Å². The van der Waals surface area contributed by atoms with E-state index in [0.717, 1.165) is 12.0 Å². The standard InChI is InChI=1S/C23H27ClN2O4/c1-6-15-16(12-13-17(24)22(15)28-4)19-11-9-8-10-18(25)20(14(3)30-7-2)21(26-19)23(27)29-5/h6,11-13H,1,3,7-10,25H2,2,4-5H3/b19-11+,20-18+,26-21+. The number of allylic oxidation sites excluding steroid dienone is 3. The van der Waals surface area contributed by atoms with E-state index in [-0.39, 0.29) is 11.5 Å². The van der Waals surface area contributed by atoms with Crippen molar-refractivity contribution in [2.75, 3.05) is 20.8 Å². The molecule has 0 spiro atoms. The van der Waals surface area contributed by atoms with Gasteiger partial charge in [-0.3, -0.25) is 0 Å². The zero-order valence-electron chi connectivity index (χ0n) is 17.6. The van der Waals surface area contributed by atoms with Gasteiger partial charge in [0.15, 0.2) is 5.71 Å². The summed E-state index contributed by atoms with van der Waals surface area (Å²) >= 11 is 6.27. The summed E-state index contributed by atoms with van der Waals surface area (Å²) in [6.07, 6.45) is 5.60. The van der Waals surface area contributed by atoms with Crippen LogP contribution < -0.4 is 10.5 Å². The van der Waals surface area contributed by atoms with Gasteiger partial charge in [0.2, 0.25) is 0 Å². The van der Waals surface area contributed by atoms with Crippen molar-refractivity contribution in [1.82, 2.24) is 0 Å². The monoisotopic (exact) mass is 430 g/mol. The number of esters is 1. The molecule has 30 heavy (non-hydrogen) atoms. The predicted octanol–water partition coefficient (Wildman–Crippen LogP) is 4.89. The number of nitrogens with zero attached hydrogens (tertiary/aromatic N) is 1. The van der Waals surface area contributed by atoms with Gasteiger partial charge in [0.25, 0.3) is 0 Å². The molecule has 0 radical (unpaired) electrons. The van der Waals surface area contributed by atoms with E-state index >= 15 is 0 Å². The molecule has 160 valence electrons. The van der Waals surface area contributed by atoms with Gasteiger partial charge in [-0.05, 0) is 32.3 Å². The molecule has 0 aliphatic carbocycles. The Balaban J connectivity index is 2.78. The highest BCUT2D eigenvalue weighted by molar-refractivity contribution is 6.45. The zero-order chi connectivity index (χ0) is 22.3. The fourth-order valence-electron chi connectivity index (χ4n) is 3.21. The van der Waals surface area contributed by atoms with Crippen LogP contribution in [0.1, 0.15) is 37.3 Å². The highest BCUT2D eigenvalue weighted by atomic mass is 35.5. The Hall–Kier alpha value is -2.99. The van der Waals surface area contributed by atoms with Crippen molar-refractivity contribution in [2.45, 2.75) is 26.2 Å². The predicted molar refractivity (Wildman–Crippen MR) is 121 cm³/mol. The summed E-state index contributed by atoms with van der Waals surface area (Å²) in [6.45, 7) is 10.0. The van der Waals surface area contributed by atoms with Crippen LogP contribution in [0, 0.1) is 0 Å². The largest absolute Gasteiger partial charge is 0.495 e. The molecule has 0 amide bonds. The first-order chi connectivity index (χ1) is 14.4. The summed E-state index contributed by atoms with van der Waals surface area (Å²) in [6, 6.07) is 3.53. The van der Waals surface area contributed by atoms with E-state index in [4.69, 9.17) is 31.5 Å². The number of aliphatic imine (C=N–C) groups is 1. The maximum atomic E-state index is 12.7. The van der Waals surface area contributed by atoms with Crippen molar-refractivity contribution in [3.8, 4) is 5.75 Å². The van der Waals surface area contributed by atoms with Gasteiger partial charge in [-0.15, -0.1) is 0 Å². The molecule has 1 heterocycles. The van der Waals surface area contributed by atoms with Crippen LogP contribution in [0.15, 0.2) is 53.4 Å². The second kappa shape index (κ2) is 10.7. The summed E-state index contributed by atoms with van der Waals surface area (Å²) in [5.41, 5.74) is 9.12. The van der Waals surface area contributed by atoms with Gasteiger partial charge >= 0.3 is 5.97 Å². The maximum Gasteiger partial charge on any atom is 0.357 e. The van der Waals surface area contributed by atoms with Crippen molar-refractivity contribution < 1.29 is 19.0 Å². The Morgan fingerprint density at radius 1 is 1.37 bits per heavy atom. The Morgan fingerprint density at radius 2 is 2.10 bits per heavy atom. The number of halogens is 1. The summed E-state index contributed by atoms with van der Waals surface area (Å²) in [7, 11) is 2.82. The van der Waals surface area contributed by atoms with E-state index in [1.807, 2.05) is 19.1 Å². The molecule has 0 saturated carbocycles. The molecular weight excluding hydrogens is 404 g/mol. The van der Waals surface area contributed by atoms with Crippen molar-refractivity contribution >= 4 is 35.1 Å². The lowest BCUT2D eigenvalue weighted by molar-refractivity contribution is -0.132. The van der Waals surface area contributed by atoms with E-state index < -0.39 is 5.97 Å². The summed E-state index contributed by atoms with van der Waals surface area (Å²) in [5.74, 6) is 0.120. The van der Waals surface area contributed by atoms with Crippen molar-refractivity contribution in [3.63, 3.8) is 0 Å². The molecule has 2 rings (SSSR count). The molecule has 0 fully saturated rings. The van der Waals surface area contributed by atoms with Crippen LogP contribution in [0.3, 0.4) is 0 Å². The number of methoxy groups -OCH3 is 2. The topological polar surface area (TPSA) is 83.1 Å². The van der Waals surface area contributed by atoms with Crippen LogP contribution in [-0.4, -0.2) is 32.5 Å². The summed E-state index contributed by atoms with van der Waals surface area (Å²) < 4.78 is 16.0. The van der Waals surface area contributed by atoms with Gasteiger partial charge in [-0.25, -0.2) is 9.79 Å². The van der Waals surface area contributed by atoms with Crippen LogP contribution in [-0.2, 0) is 14.3 Å². The maximum absolute atomic E-state index is 12.7. The first kappa shape index (κ1) is 23.3. The number of carbonyl (C=O) groups is 1. The lowest BCUT2D eigenvalue weighted by atomic mass is 10.0. The minimum absolute atomic E-state index is 0.0329. The van der Waals surface area contributed by atoms with Crippen LogP contribution in [0.4, 0.5) is 0 Å². The molecule has 6 nitrogen and oxygen atoms in total. The number of hydrogen-bond acceptors (Lipinski definition) is 6. The van der Waals surface area contributed by atoms with Crippen molar-refractivity contribution in [2.24, 2.45) is 10.7 Å². The Bertz CT molecular complexity index is 945. The molecular formula is C23H27ClN2O4. The number of benzene rings is 1. The third kappa shape index (κ3) is 4.94. The molecule has 1 aromatic rings. The molecule has 1 aliphatic heterocycles. The normalized spacial score (nSPS) is 20.4. The van der Waals surface area contributed by atoms with Crippen molar-refractivity contribution in [1.29, 1.82) is 0 Å². The summed E-state index contributed by atoms with van der Waals surface area (Å²) in [4.78, 5) is 17.3. The van der Waals surface area contributed by atoms with Crippen LogP contribution in [0.25, 0.3) is 11.8 Å². The van der Waals surface area contributed by atoms with Crippen molar-refractivity contribution in [3.05, 3.63) is 64.5 Å². The number of carbonyl (C=O) groups excluding carboxylic acids is 1. The van der Waals surface area contributed by atoms with Crippen LogP contribution in [0.5, 0.6) is 5.75 Å². The third-order valence-electron chi connectivity index (χ3n) is 4.59. The first-order valence-electron chi connectivity index (χ1n) is 9.57. The van der Waals surface area contributed by atoms with Gasteiger partial charge in [0, 0.05) is 16.8 Å². The fraction of sp³-hybridized carbons (Fsp3) is 0.304. The molecule has 0 atom stereocenters. The Kier molecular flexibility index (Phi) is 8.30. The third-order valence-corrected chi connectivity index (χ3v) is 4.88. The average Bonchev–Trinajstić information content (AvgIpc) is 2.81. The first-order valence-corrected chi connectivity index (χ1v) is 9.94. The van der Waals surface area contributed by atoms with E-state index in [2.05, 4.69) is 18.2 Å². The fourth-order valence-corrected chi connectivity index (χ4v) is 3.45. The van der Waals surface area contributed by atoms with E-state index in [1.54, 1.807) is 12.1 Å². The second-order valence-corrected chi connectivity index (χ2v) is 6.84. The molecule has 1 aliphatic rings. The van der Waals surface area contributed by atoms with Gasteiger partial charge in [-0.2, -0.15) is 0 Å².